The number of hydrogen-bond acceptors (Lipinski definition) is 8. The zero-order valence-corrected chi connectivity index (χ0v) is 24.1. The highest BCUT2D eigenvalue weighted by Crippen LogP contribution is 2.26. The first-order chi connectivity index (χ1) is 19.1. The molecule has 0 fully saturated rings. The number of aromatic nitrogens is 2. The summed E-state index contributed by atoms with van der Waals surface area (Å²) < 4.78 is 25.2. The van der Waals surface area contributed by atoms with Crippen molar-refractivity contribution in [1.82, 2.24) is 9.55 Å². The van der Waals surface area contributed by atoms with Crippen molar-refractivity contribution in [2.75, 3.05) is 34.6 Å². The quantitative estimate of drug-likeness (QED) is 0.307. The molecule has 1 atom stereocenters. The summed E-state index contributed by atoms with van der Waals surface area (Å²) in [7, 11) is 1.03. The predicted molar refractivity (Wildman–Crippen MR) is 165 cm³/mol. The number of benzene rings is 3. The molecule has 2 N–H and O–H groups in total. The Morgan fingerprint density at radius 3 is 2.62 bits per heavy atom. The maximum Gasteiger partial charge on any atom is 0.224 e. The Bertz CT molecular complexity index is 1670. The van der Waals surface area contributed by atoms with Gasteiger partial charge in [0.1, 0.15) is 16.0 Å². The fraction of sp³-hybridized carbons (Fsp3) is 0.300. The molecule has 1 unspecified atom stereocenters. The SMILES string of the molecule is Cc1ccc(CNc2nc3cc(N(C)C4CC=NC(Nc5cccc(CCS(C)(=O)=O)c5)=N4)ccc3n2C)cc1. The molecule has 10 heteroatoms. The fourth-order valence-corrected chi connectivity index (χ4v) is 5.24. The molecule has 0 bridgehead atoms. The first-order valence-electron chi connectivity index (χ1n) is 13.3. The zero-order chi connectivity index (χ0) is 28.3. The summed E-state index contributed by atoms with van der Waals surface area (Å²) in [6.07, 6.45) is 4.14. The second-order valence-electron chi connectivity index (χ2n) is 10.3. The van der Waals surface area contributed by atoms with Gasteiger partial charge in [-0.3, -0.25) is 0 Å². The Morgan fingerprint density at radius 1 is 1.05 bits per heavy atom. The predicted octanol–water partition coefficient (Wildman–Crippen LogP) is 4.79. The minimum atomic E-state index is -3.02. The average Bonchev–Trinajstić information content (AvgIpc) is 3.25. The van der Waals surface area contributed by atoms with Crippen LogP contribution in [0, 0.1) is 6.92 Å². The molecule has 5 rings (SSSR count). The van der Waals surface area contributed by atoms with Gasteiger partial charge in [-0.25, -0.2) is 23.4 Å². The Labute approximate surface area is 235 Å². The average molecular weight is 558 g/mol. The van der Waals surface area contributed by atoms with Gasteiger partial charge < -0.3 is 20.1 Å². The van der Waals surface area contributed by atoms with E-state index in [-0.39, 0.29) is 11.9 Å². The van der Waals surface area contributed by atoms with Gasteiger partial charge in [0.05, 0.1) is 16.8 Å². The summed E-state index contributed by atoms with van der Waals surface area (Å²) in [5, 5.41) is 6.74. The van der Waals surface area contributed by atoms with Gasteiger partial charge in [-0.2, -0.15) is 0 Å². The maximum absolute atomic E-state index is 11.5. The highest BCUT2D eigenvalue weighted by Gasteiger charge is 2.19. The molecule has 9 nitrogen and oxygen atoms in total. The topological polar surface area (TPSA) is 104 Å². The third-order valence-corrected chi connectivity index (χ3v) is 7.98. The van der Waals surface area contributed by atoms with E-state index in [1.807, 2.05) is 44.6 Å². The van der Waals surface area contributed by atoms with Crippen molar-refractivity contribution in [1.29, 1.82) is 0 Å². The highest BCUT2D eigenvalue weighted by atomic mass is 32.2. The molecule has 0 radical (unpaired) electrons. The number of nitrogens with one attached hydrogen (secondary N) is 2. The summed E-state index contributed by atoms with van der Waals surface area (Å²) in [6, 6.07) is 22.5. The second-order valence-corrected chi connectivity index (χ2v) is 12.6. The van der Waals surface area contributed by atoms with E-state index in [4.69, 9.17) is 9.98 Å². The molecular formula is C30H35N7O2S. The molecule has 0 saturated carbocycles. The molecule has 0 saturated heterocycles. The van der Waals surface area contributed by atoms with E-state index < -0.39 is 9.84 Å². The highest BCUT2D eigenvalue weighted by molar-refractivity contribution is 7.90. The fourth-order valence-electron chi connectivity index (χ4n) is 4.63. The van der Waals surface area contributed by atoms with Gasteiger partial charge in [-0.05, 0) is 54.8 Å². The summed E-state index contributed by atoms with van der Waals surface area (Å²) >= 11 is 0. The maximum atomic E-state index is 11.5. The summed E-state index contributed by atoms with van der Waals surface area (Å²) in [4.78, 5) is 16.3. The van der Waals surface area contributed by atoms with Gasteiger partial charge in [0.15, 0.2) is 0 Å². The van der Waals surface area contributed by atoms with Crippen LogP contribution in [-0.2, 0) is 29.9 Å². The van der Waals surface area contributed by atoms with Gasteiger partial charge in [-0.15, -0.1) is 0 Å². The molecule has 0 aliphatic carbocycles. The standard InChI is InChI=1S/C30H35N7O2S/c1-21-8-10-23(11-9-21)20-32-30-34-26-19-25(12-13-27(26)37(30)3)36(2)28-14-16-31-29(35-28)33-24-7-5-6-22(18-24)15-17-40(4,38)39/h5-13,16,18-19,28H,14-15,17,20H2,1-4H3,(H,32,34)(H,33,35). The lowest BCUT2D eigenvalue weighted by atomic mass is 10.1. The van der Waals surface area contributed by atoms with Gasteiger partial charge in [-0.1, -0.05) is 42.0 Å². The summed E-state index contributed by atoms with van der Waals surface area (Å²) in [6.45, 7) is 2.79. The minimum absolute atomic E-state index is 0.118. The molecule has 3 aromatic carbocycles. The smallest absolute Gasteiger partial charge is 0.224 e. The van der Waals surface area contributed by atoms with E-state index in [0.717, 1.165) is 33.9 Å². The lowest BCUT2D eigenvalue weighted by Crippen LogP contribution is -2.34. The number of imidazole rings is 1. The number of fused-ring (bicyclic) bond motifs is 1. The first kappa shape index (κ1) is 27.4. The first-order valence-corrected chi connectivity index (χ1v) is 15.3. The van der Waals surface area contributed by atoms with Crippen LogP contribution in [-0.4, -0.2) is 55.4 Å². The van der Waals surface area contributed by atoms with Crippen molar-refractivity contribution < 1.29 is 8.42 Å². The molecule has 40 heavy (non-hydrogen) atoms. The Kier molecular flexibility index (Phi) is 7.88. The molecule has 0 spiro atoms. The molecular weight excluding hydrogens is 522 g/mol. The largest absolute Gasteiger partial charge is 0.352 e. The number of aliphatic imine (C=N–C) groups is 2. The Morgan fingerprint density at radius 2 is 1.85 bits per heavy atom. The second kappa shape index (κ2) is 11.5. The van der Waals surface area contributed by atoms with Crippen LogP contribution < -0.4 is 15.5 Å². The molecule has 4 aromatic rings. The normalized spacial score (nSPS) is 15.2. The summed E-state index contributed by atoms with van der Waals surface area (Å²) in [5.41, 5.74) is 7.20. The third kappa shape index (κ3) is 6.69. The van der Waals surface area contributed by atoms with Gasteiger partial charge >= 0.3 is 0 Å². The van der Waals surface area contributed by atoms with E-state index in [1.54, 1.807) is 0 Å². The van der Waals surface area contributed by atoms with Crippen molar-refractivity contribution in [3.05, 3.63) is 83.4 Å². The number of sulfone groups is 1. The van der Waals surface area contributed by atoms with Crippen LogP contribution in [0.2, 0.25) is 0 Å². The monoisotopic (exact) mass is 557 g/mol. The van der Waals surface area contributed by atoms with Crippen LogP contribution in [0.15, 0.2) is 76.7 Å². The summed E-state index contributed by atoms with van der Waals surface area (Å²) in [5.74, 6) is 1.46. The van der Waals surface area contributed by atoms with Crippen molar-refractivity contribution in [2.45, 2.75) is 32.5 Å². The van der Waals surface area contributed by atoms with Crippen molar-refractivity contribution in [3.63, 3.8) is 0 Å². The number of guanidine groups is 1. The Balaban J connectivity index is 1.28. The molecule has 2 heterocycles. The Hall–Kier alpha value is -4.18. The minimum Gasteiger partial charge on any atom is -0.352 e. The molecule has 0 amide bonds. The van der Waals surface area contributed by atoms with E-state index in [0.29, 0.717) is 25.3 Å². The lowest BCUT2D eigenvalue weighted by Gasteiger charge is -2.28. The lowest BCUT2D eigenvalue weighted by molar-refractivity contribution is 0.601. The van der Waals surface area contributed by atoms with Crippen LogP contribution in [0.4, 0.5) is 17.3 Å². The zero-order valence-electron chi connectivity index (χ0n) is 23.3. The van der Waals surface area contributed by atoms with Crippen LogP contribution in [0.5, 0.6) is 0 Å². The number of nitrogens with zero attached hydrogens (tertiary/aromatic N) is 5. The third-order valence-electron chi connectivity index (χ3n) is 7.04. The number of hydrogen-bond donors (Lipinski definition) is 2. The van der Waals surface area contributed by atoms with E-state index in [1.165, 1.54) is 17.4 Å². The van der Waals surface area contributed by atoms with Gasteiger partial charge in [0.25, 0.3) is 0 Å². The van der Waals surface area contributed by atoms with E-state index in [2.05, 4.69) is 74.5 Å². The molecule has 1 aliphatic rings. The number of aryl methyl sites for hydroxylation is 3. The van der Waals surface area contributed by atoms with Gasteiger partial charge in [0.2, 0.25) is 11.9 Å². The number of rotatable bonds is 9. The van der Waals surface area contributed by atoms with Crippen LogP contribution in [0.1, 0.15) is 23.1 Å². The molecule has 1 aliphatic heterocycles. The van der Waals surface area contributed by atoms with Crippen LogP contribution >= 0.6 is 0 Å². The van der Waals surface area contributed by atoms with Crippen molar-refractivity contribution >= 4 is 50.4 Å². The van der Waals surface area contributed by atoms with E-state index in [9.17, 15) is 8.42 Å². The van der Waals surface area contributed by atoms with Crippen molar-refractivity contribution in [2.24, 2.45) is 17.0 Å². The van der Waals surface area contributed by atoms with Crippen molar-refractivity contribution in [3.8, 4) is 0 Å². The molecule has 208 valence electrons. The van der Waals surface area contributed by atoms with Crippen LogP contribution in [0.3, 0.4) is 0 Å². The molecule has 1 aromatic heterocycles. The van der Waals surface area contributed by atoms with Crippen LogP contribution in [0.25, 0.3) is 11.0 Å². The van der Waals surface area contributed by atoms with Gasteiger partial charge in [0, 0.05) is 50.9 Å². The van der Waals surface area contributed by atoms with E-state index >= 15 is 0 Å². The number of anilines is 3.